The zero-order chi connectivity index (χ0) is 25.7. The maximum absolute atomic E-state index is 13.1. The van der Waals surface area contributed by atoms with Crippen molar-refractivity contribution in [1.29, 1.82) is 0 Å². The minimum absolute atomic E-state index is 0.00325. The highest BCUT2D eigenvalue weighted by Gasteiger charge is 2.50. The number of nitrogens with zero attached hydrogens (tertiary/aromatic N) is 2. The van der Waals surface area contributed by atoms with Gasteiger partial charge in [-0.05, 0) is 74.1 Å². The molecule has 5 rings (SSSR count). The smallest absolute Gasteiger partial charge is 0.316 e. The van der Waals surface area contributed by atoms with E-state index < -0.39 is 11.9 Å². The Kier molecular flexibility index (Phi) is 6.55. The molecular weight excluding hydrogens is 503 g/mol. The van der Waals surface area contributed by atoms with Crippen LogP contribution in [0.3, 0.4) is 0 Å². The van der Waals surface area contributed by atoms with Crippen LogP contribution in [0.5, 0.6) is 5.75 Å². The van der Waals surface area contributed by atoms with Crippen LogP contribution in [-0.4, -0.2) is 30.2 Å². The minimum Gasteiger partial charge on any atom is -0.426 e. The van der Waals surface area contributed by atoms with Crippen LogP contribution in [0, 0.1) is 30.6 Å². The van der Waals surface area contributed by atoms with Crippen molar-refractivity contribution in [3.63, 3.8) is 0 Å². The molecule has 188 valence electrons. The highest BCUT2D eigenvalue weighted by molar-refractivity contribution is 6.36. The van der Waals surface area contributed by atoms with Crippen LogP contribution in [0.4, 0.5) is 11.4 Å². The summed E-state index contributed by atoms with van der Waals surface area (Å²) in [5.74, 6) is -1.52. The van der Waals surface area contributed by atoms with Crippen LogP contribution >= 0.6 is 23.2 Å². The van der Waals surface area contributed by atoms with E-state index in [1.165, 1.54) is 9.80 Å². The number of rotatable bonds is 4. The summed E-state index contributed by atoms with van der Waals surface area (Å²) in [7, 11) is 0. The van der Waals surface area contributed by atoms with E-state index in [-0.39, 0.29) is 48.3 Å². The maximum Gasteiger partial charge on any atom is 0.316 e. The molecule has 0 bridgehead atoms. The van der Waals surface area contributed by atoms with E-state index in [9.17, 15) is 19.2 Å². The number of carbonyl (C=O) groups is 4. The summed E-state index contributed by atoms with van der Waals surface area (Å²) in [4.78, 5) is 54.3. The molecule has 3 amide bonds. The molecule has 2 saturated heterocycles. The molecule has 1 aliphatic carbocycles. The predicted octanol–water partition coefficient (Wildman–Crippen LogP) is 5.19. The number of anilines is 2. The van der Waals surface area contributed by atoms with Gasteiger partial charge in [-0.2, -0.15) is 0 Å². The lowest BCUT2D eigenvalue weighted by molar-refractivity contribution is -0.139. The lowest BCUT2D eigenvalue weighted by atomic mass is 9.76. The number of benzene rings is 2. The second-order valence-corrected chi connectivity index (χ2v) is 10.9. The maximum atomic E-state index is 13.1. The number of aryl methyl sites for hydroxylation is 1. The number of hydrogen-bond donors (Lipinski definition) is 0. The topological polar surface area (TPSA) is 84.0 Å². The molecule has 7 nitrogen and oxygen atoms in total. The lowest BCUT2D eigenvalue weighted by Crippen LogP contribution is -2.31. The van der Waals surface area contributed by atoms with Gasteiger partial charge in [0.2, 0.25) is 17.7 Å². The Bertz CT molecular complexity index is 1280. The first-order valence-corrected chi connectivity index (χ1v) is 12.8. The third-order valence-corrected chi connectivity index (χ3v) is 8.03. The largest absolute Gasteiger partial charge is 0.426 e. The molecule has 1 saturated carbocycles. The highest BCUT2D eigenvalue weighted by atomic mass is 35.5. The third kappa shape index (κ3) is 4.39. The molecule has 0 spiro atoms. The molecule has 2 heterocycles. The predicted molar refractivity (Wildman–Crippen MR) is 136 cm³/mol. The Hall–Kier alpha value is -2.90. The zero-order valence-corrected chi connectivity index (χ0v) is 21.5. The average molecular weight is 529 g/mol. The van der Waals surface area contributed by atoms with E-state index in [0.29, 0.717) is 32.9 Å². The first-order chi connectivity index (χ1) is 17.1. The molecule has 36 heavy (non-hydrogen) atoms. The van der Waals surface area contributed by atoms with Gasteiger partial charge >= 0.3 is 5.97 Å². The minimum atomic E-state index is -0.667. The van der Waals surface area contributed by atoms with Crippen LogP contribution in [-0.2, 0) is 19.2 Å². The fourth-order valence-corrected chi connectivity index (χ4v) is 5.95. The van der Waals surface area contributed by atoms with Crippen LogP contribution in [0.25, 0.3) is 0 Å². The SMILES string of the molecule is Cc1cc(OC(=O)[C@@H]2CC(=O)N(c3cc(Cl)ccc3Cl)C2)ccc1N1C(=O)[C@H]2C[C@@H](C)CC[C@H]2C1=O. The van der Waals surface area contributed by atoms with Crippen LogP contribution < -0.4 is 14.5 Å². The molecule has 2 aromatic carbocycles. The number of esters is 1. The Morgan fingerprint density at radius 2 is 1.72 bits per heavy atom. The van der Waals surface area contributed by atoms with E-state index in [4.69, 9.17) is 27.9 Å². The molecular formula is C27H26Cl2N2O5. The van der Waals surface area contributed by atoms with Gasteiger partial charge in [0.1, 0.15) is 5.75 Å². The first kappa shape index (κ1) is 24.8. The number of hydrogen-bond acceptors (Lipinski definition) is 5. The van der Waals surface area contributed by atoms with Gasteiger partial charge in [-0.1, -0.05) is 30.1 Å². The molecule has 9 heteroatoms. The lowest BCUT2D eigenvalue weighted by Gasteiger charge is -2.25. The second kappa shape index (κ2) is 9.52. The fourth-order valence-electron chi connectivity index (χ4n) is 5.56. The van der Waals surface area contributed by atoms with Gasteiger partial charge in [-0.25, -0.2) is 4.90 Å². The van der Waals surface area contributed by atoms with E-state index >= 15 is 0 Å². The van der Waals surface area contributed by atoms with Crippen molar-refractivity contribution in [3.05, 3.63) is 52.0 Å². The van der Waals surface area contributed by atoms with Crippen molar-refractivity contribution >= 4 is 58.3 Å². The third-order valence-electron chi connectivity index (χ3n) is 7.47. The summed E-state index contributed by atoms with van der Waals surface area (Å²) in [6.07, 6.45) is 2.42. The van der Waals surface area contributed by atoms with Gasteiger partial charge in [0.05, 0.1) is 34.2 Å². The molecule has 2 aromatic rings. The average Bonchev–Trinajstić information content (AvgIpc) is 3.33. The number of fused-ring (bicyclic) bond motifs is 1. The molecule has 3 aliphatic rings. The van der Waals surface area contributed by atoms with E-state index in [2.05, 4.69) is 6.92 Å². The fraction of sp³-hybridized carbons (Fsp3) is 0.407. The van der Waals surface area contributed by atoms with Gasteiger partial charge in [0.25, 0.3) is 0 Å². The quantitative estimate of drug-likeness (QED) is 0.310. The highest BCUT2D eigenvalue weighted by Crippen LogP contribution is 2.43. The van der Waals surface area contributed by atoms with E-state index in [0.717, 1.165) is 19.3 Å². The summed E-state index contributed by atoms with van der Waals surface area (Å²) >= 11 is 12.3. The van der Waals surface area contributed by atoms with Crippen molar-refractivity contribution in [2.75, 3.05) is 16.3 Å². The Morgan fingerprint density at radius 1 is 0.972 bits per heavy atom. The molecule has 2 aliphatic heterocycles. The Morgan fingerprint density at radius 3 is 2.47 bits per heavy atom. The monoisotopic (exact) mass is 528 g/mol. The Balaban J connectivity index is 1.29. The zero-order valence-electron chi connectivity index (χ0n) is 20.0. The number of imide groups is 1. The standard InChI is InChI=1S/C27H26Cl2N2O5/c1-14-3-6-19-20(9-14)26(34)31(25(19)33)22-8-5-18(10-15(22)2)36-27(35)16-11-24(32)30(13-16)23-12-17(28)4-7-21(23)29/h4-5,7-8,10,12,14,16,19-20H,3,6,9,11,13H2,1-2H3/t14-,16+,19+,20-/m0/s1. The second-order valence-electron chi connectivity index (χ2n) is 10.0. The van der Waals surface area contributed by atoms with Crippen LogP contribution in [0.2, 0.25) is 10.0 Å². The normalized spacial score (nSPS) is 25.9. The Labute approximate surface area is 219 Å². The number of ether oxygens (including phenoxy) is 1. The van der Waals surface area contributed by atoms with E-state index in [1.54, 1.807) is 43.3 Å². The van der Waals surface area contributed by atoms with Crippen molar-refractivity contribution in [3.8, 4) is 5.75 Å². The summed E-state index contributed by atoms with van der Waals surface area (Å²) in [6.45, 7) is 4.03. The first-order valence-electron chi connectivity index (χ1n) is 12.1. The van der Waals surface area contributed by atoms with Crippen molar-refractivity contribution in [1.82, 2.24) is 0 Å². The number of amides is 3. The van der Waals surface area contributed by atoms with Gasteiger partial charge in [-0.3, -0.25) is 19.2 Å². The molecule has 4 atom stereocenters. The summed E-state index contributed by atoms with van der Waals surface area (Å²) < 4.78 is 5.58. The molecule has 3 fully saturated rings. The van der Waals surface area contributed by atoms with Crippen molar-refractivity contribution in [2.24, 2.45) is 23.7 Å². The van der Waals surface area contributed by atoms with Gasteiger partial charge < -0.3 is 9.64 Å². The molecule has 0 aromatic heterocycles. The van der Waals surface area contributed by atoms with E-state index in [1.807, 2.05) is 0 Å². The van der Waals surface area contributed by atoms with Crippen molar-refractivity contribution < 1.29 is 23.9 Å². The number of halogens is 2. The summed E-state index contributed by atoms with van der Waals surface area (Å²) in [5, 5.41) is 0.806. The van der Waals surface area contributed by atoms with Crippen molar-refractivity contribution in [2.45, 2.75) is 39.5 Å². The van der Waals surface area contributed by atoms with Gasteiger partial charge in [0.15, 0.2) is 0 Å². The molecule has 0 N–H and O–H groups in total. The van der Waals surface area contributed by atoms with Crippen LogP contribution in [0.1, 0.15) is 38.2 Å². The summed E-state index contributed by atoms with van der Waals surface area (Å²) in [5.41, 5.74) is 1.63. The van der Waals surface area contributed by atoms with Gasteiger partial charge in [-0.15, -0.1) is 0 Å². The van der Waals surface area contributed by atoms with Crippen LogP contribution in [0.15, 0.2) is 36.4 Å². The molecule has 0 radical (unpaired) electrons. The number of carbonyl (C=O) groups excluding carboxylic acids is 4. The molecule has 0 unspecified atom stereocenters. The summed E-state index contributed by atoms with van der Waals surface area (Å²) in [6, 6.07) is 9.69. The van der Waals surface area contributed by atoms with Gasteiger partial charge in [0, 0.05) is 18.0 Å².